The Bertz CT molecular complexity index is 398. The van der Waals surface area contributed by atoms with Crippen molar-refractivity contribution >= 4 is 27.6 Å². The van der Waals surface area contributed by atoms with Crippen molar-refractivity contribution < 1.29 is 13.9 Å². The molecule has 0 aliphatic heterocycles. The third-order valence-electron chi connectivity index (χ3n) is 2.24. The van der Waals surface area contributed by atoms with Gasteiger partial charge in [0, 0.05) is 5.69 Å². The molecule has 0 aliphatic rings. The van der Waals surface area contributed by atoms with Crippen molar-refractivity contribution in [3.05, 3.63) is 28.5 Å². The number of nitrogens with one attached hydrogen (secondary N) is 1. The van der Waals surface area contributed by atoms with Crippen LogP contribution in [0.15, 0.2) is 22.7 Å². The van der Waals surface area contributed by atoms with Gasteiger partial charge in [-0.2, -0.15) is 0 Å². The summed E-state index contributed by atoms with van der Waals surface area (Å²) >= 11 is 3.07. The summed E-state index contributed by atoms with van der Waals surface area (Å²) in [6.07, 6.45) is 0.580. The van der Waals surface area contributed by atoms with Gasteiger partial charge in [0.1, 0.15) is 11.9 Å². The number of anilines is 1. The Labute approximate surface area is 108 Å². The van der Waals surface area contributed by atoms with Crippen molar-refractivity contribution in [3.8, 4) is 0 Å². The van der Waals surface area contributed by atoms with Crippen LogP contribution >= 0.6 is 15.9 Å². The number of benzene rings is 1. The van der Waals surface area contributed by atoms with E-state index in [2.05, 4.69) is 21.2 Å². The zero-order valence-corrected chi connectivity index (χ0v) is 11.4. The smallest absolute Gasteiger partial charge is 0.328 e. The molecule has 0 heterocycles. The molecule has 1 N–H and O–H groups in total. The van der Waals surface area contributed by atoms with Gasteiger partial charge in [-0.1, -0.05) is 6.92 Å². The van der Waals surface area contributed by atoms with Gasteiger partial charge < -0.3 is 10.1 Å². The second kappa shape index (κ2) is 6.59. The summed E-state index contributed by atoms with van der Waals surface area (Å²) in [7, 11) is 0. The van der Waals surface area contributed by atoms with Gasteiger partial charge in [0.15, 0.2) is 0 Å². The summed E-state index contributed by atoms with van der Waals surface area (Å²) in [6.45, 7) is 3.96. The fourth-order valence-electron chi connectivity index (χ4n) is 1.36. The largest absolute Gasteiger partial charge is 0.464 e. The average molecular weight is 304 g/mol. The summed E-state index contributed by atoms with van der Waals surface area (Å²) < 4.78 is 18.6. The molecule has 0 amide bonds. The van der Waals surface area contributed by atoms with Crippen molar-refractivity contribution in [1.29, 1.82) is 0 Å². The first-order valence-corrected chi connectivity index (χ1v) is 6.26. The highest BCUT2D eigenvalue weighted by molar-refractivity contribution is 9.10. The van der Waals surface area contributed by atoms with Gasteiger partial charge in [-0.3, -0.25) is 0 Å². The molecule has 1 unspecified atom stereocenters. The SMILES string of the molecule is CCOC(=O)C(CC)Nc1ccc(Br)c(F)c1. The maximum Gasteiger partial charge on any atom is 0.328 e. The minimum Gasteiger partial charge on any atom is -0.464 e. The predicted molar refractivity (Wildman–Crippen MR) is 68.4 cm³/mol. The van der Waals surface area contributed by atoms with E-state index in [4.69, 9.17) is 4.74 Å². The zero-order chi connectivity index (χ0) is 12.8. The molecule has 0 aromatic heterocycles. The Balaban J connectivity index is 2.73. The molecule has 0 radical (unpaired) electrons. The summed E-state index contributed by atoms with van der Waals surface area (Å²) in [5, 5.41) is 2.95. The molecule has 0 spiro atoms. The molecule has 0 saturated carbocycles. The van der Waals surface area contributed by atoms with E-state index in [0.29, 0.717) is 23.2 Å². The number of rotatable bonds is 5. The molecule has 5 heteroatoms. The molecule has 0 saturated heterocycles. The van der Waals surface area contributed by atoms with E-state index in [9.17, 15) is 9.18 Å². The standard InChI is InChI=1S/C12H15BrFNO2/c1-3-11(12(16)17-4-2)15-8-5-6-9(13)10(14)7-8/h5-7,11,15H,3-4H2,1-2H3. The quantitative estimate of drug-likeness (QED) is 0.848. The number of carbonyl (C=O) groups excluding carboxylic acids is 1. The number of ether oxygens (including phenoxy) is 1. The van der Waals surface area contributed by atoms with Crippen molar-refractivity contribution in [3.63, 3.8) is 0 Å². The van der Waals surface area contributed by atoms with Crippen molar-refractivity contribution in [2.45, 2.75) is 26.3 Å². The molecule has 17 heavy (non-hydrogen) atoms. The third kappa shape index (κ3) is 4.00. The summed E-state index contributed by atoms with van der Waals surface area (Å²) in [5.41, 5.74) is 0.561. The van der Waals surface area contributed by atoms with Crippen LogP contribution in [0.3, 0.4) is 0 Å². The molecule has 94 valence electrons. The molecular weight excluding hydrogens is 289 g/mol. The van der Waals surface area contributed by atoms with E-state index >= 15 is 0 Å². The van der Waals surface area contributed by atoms with Crippen LogP contribution in [0.5, 0.6) is 0 Å². The lowest BCUT2D eigenvalue weighted by Crippen LogP contribution is -2.30. The molecule has 3 nitrogen and oxygen atoms in total. The Hall–Kier alpha value is -1.10. The van der Waals surface area contributed by atoms with Crippen molar-refractivity contribution in [2.24, 2.45) is 0 Å². The van der Waals surface area contributed by atoms with E-state index in [-0.39, 0.29) is 11.8 Å². The van der Waals surface area contributed by atoms with Gasteiger partial charge in [0.2, 0.25) is 0 Å². The molecule has 0 fully saturated rings. The molecule has 0 bridgehead atoms. The van der Waals surface area contributed by atoms with Gasteiger partial charge in [-0.15, -0.1) is 0 Å². The van der Waals surface area contributed by atoms with Crippen LogP contribution < -0.4 is 5.32 Å². The lowest BCUT2D eigenvalue weighted by molar-refractivity contribution is -0.144. The second-order valence-electron chi connectivity index (χ2n) is 3.49. The Morgan fingerprint density at radius 1 is 1.53 bits per heavy atom. The molecule has 1 aromatic carbocycles. The number of esters is 1. The molecular formula is C12H15BrFNO2. The van der Waals surface area contributed by atoms with Crippen LogP contribution in [-0.4, -0.2) is 18.6 Å². The predicted octanol–water partition coefficient (Wildman–Crippen LogP) is 3.34. The first-order valence-electron chi connectivity index (χ1n) is 5.46. The Kier molecular flexibility index (Phi) is 5.41. The highest BCUT2D eigenvalue weighted by Crippen LogP contribution is 2.20. The van der Waals surface area contributed by atoms with Crippen LogP contribution in [0, 0.1) is 5.82 Å². The average Bonchev–Trinajstić information content (AvgIpc) is 2.30. The fraction of sp³-hybridized carbons (Fsp3) is 0.417. The van der Waals surface area contributed by atoms with Crippen LogP contribution in [0.2, 0.25) is 0 Å². The zero-order valence-electron chi connectivity index (χ0n) is 9.80. The van der Waals surface area contributed by atoms with E-state index in [1.54, 1.807) is 19.1 Å². The van der Waals surface area contributed by atoms with E-state index < -0.39 is 6.04 Å². The minimum atomic E-state index is -0.449. The van der Waals surface area contributed by atoms with Crippen LogP contribution in [0.25, 0.3) is 0 Å². The van der Waals surface area contributed by atoms with Gasteiger partial charge in [0.05, 0.1) is 11.1 Å². The molecule has 1 aromatic rings. The fourth-order valence-corrected chi connectivity index (χ4v) is 1.60. The van der Waals surface area contributed by atoms with Crippen LogP contribution in [0.4, 0.5) is 10.1 Å². The Morgan fingerprint density at radius 3 is 2.76 bits per heavy atom. The summed E-state index contributed by atoms with van der Waals surface area (Å²) in [5.74, 6) is -0.688. The normalized spacial score (nSPS) is 12.0. The maximum atomic E-state index is 13.3. The topological polar surface area (TPSA) is 38.3 Å². The lowest BCUT2D eigenvalue weighted by Gasteiger charge is -2.16. The first-order chi connectivity index (χ1) is 8.08. The van der Waals surface area contributed by atoms with E-state index in [1.165, 1.54) is 6.07 Å². The van der Waals surface area contributed by atoms with Crippen molar-refractivity contribution in [1.82, 2.24) is 0 Å². The number of hydrogen-bond donors (Lipinski definition) is 1. The monoisotopic (exact) mass is 303 g/mol. The molecule has 0 aliphatic carbocycles. The number of halogens is 2. The number of carbonyl (C=O) groups is 1. The Morgan fingerprint density at radius 2 is 2.24 bits per heavy atom. The first kappa shape index (κ1) is 14.0. The third-order valence-corrected chi connectivity index (χ3v) is 2.88. The number of hydrogen-bond acceptors (Lipinski definition) is 3. The molecule has 1 rings (SSSR count). The minimum absolute atomic E-state index is 0.321. The highest BCUT2D eigenvalue weighted by atomic mass is 79.9. The maximum absolute atomic E-state index is 13.3. The van der Waals surface area contributed by atoms with Crippen LogP contribution in [0.1, 0.15) is 20.3 Å². The summed E-state index contributed by atoms with van der Waals surface area (Å²) in [6, 6.07) is 4.19. The highest BCUT2D eigenvalue weighted by Gasteiger charge is 2.17. The lowest BCUT2D eigenvalue weighted by atomic mass is 10.2. The van der Waals surface area contributed by atoms with Gasteiger partial charge in [0.25, 0.3) is 0 Å². The molecule has 1 atom stereocenters. The summed E-state index contributed by atoms with van der Waals surface area (Å²) in [4.78, 5) is 11.5. The van der Waals surface area contributed by atoms with Gasteiger partial charge in [-0.05, 0) is 47.5 Å². The second-order valence-corrected chi connectivity index (χ2v) is 4.34. The van der Waals surface area contributed by atoms with Crippen molar-refractivity contribution in [2.75, 3.05) is 11.9 Å². The van der Waals surface area contributed by atoms with Crippen LogP contribution in [-0.2, 0) is 9.53 Å². The van der Waals surface area contributed by atoms with E-state index in [0.717, 1.165) is 0 Å². The van der Waals surface area contributed by atoms with Gasteiger partial charge in [-0.25, -0.2) is 9.18 Å². The van der Waals surface area contributed by atoms with E-state index in [1.807, 2.05) is 6.92 Å². The van der Waals surface area contributed by atoms with Gasteiger partial charge >= 0.3 is 5.97 Å².